The van der Waals surface area contributed by atoms with Gasteiger partial charge >= 0.3 is 0 Å². The zero-order chi connectivity index (χ0) is 16.9. The van der Waals surface area contributed by atoms with Gasteiger partial charge in [0.1, 0.15) is 5.01 Å². The van der Waals surface area contributed by atoms with Gasteiger partial charge in [-0.15, -0.1) is 10.2 Å². The summed E-state index contributed by atoms with van der Waals surface area (Å²) < 4.78 is 0. The van der Waals surface area contributed by atoms with Crippen LogP contribution in [0, 0.1) is 0 Å². The Hall–Kier alpha value is -2.81. The van der Waals surface area contributed by atoms with E-state index in [0.29, 0.717) is 10.8 Å². The number of H-pyrrole nitrogens is 1. The number of anilines is 1. The van der Waals surface area contributed by atoms with Crippen molar-refractivity contribution in [2.45, 2.75) is 19.8 Å². The maximum Gasteiger partial charge on any atom is 0.272 e. The van der Waals surface area contributed by atoms with E-state index in [2.05, 4.69) is 31.0 Å². The standard InChI is InChI=1S/C15H16N6O2S/c1-2-12-19-21-15(24-12)17-11(22)7-8-16-14(23)13-9-5-3-4-6-10(9)18-20-13/h3-6H,2,7-8H2,1H3,(H,16,23)(H,18,20)(H,17,21,22). The van der Waals surface area contributed by atoms with Crippen LogP contribution in [0.1, 0.15) is 28.8 Å². The lowest BCUT2D eigenvalue weighted by atomic mass is 10.2. The monoisotopic (exact) mass is 344 g/mol. The number of nitrogens with zero attached hydrogens (tertiary/aromatic N) is 3. The quantitative estimate of drug-likeness (QED) is 0.630. The van der Waals surface area contributed by atoms with Gasteiger partial charge in [0.15, 0.2) is 5.69 Å². The molecule has 3 N–H and O–H groups in total. The van der Waals surface area contributed by atoms with Crippen LogP contribution in [0.2, 0.25) is 0 Å². The predicted octanol–water partition coefficient (Wildman–Crippen LogP) is 1.74. The van der Waals surface area contributed by atoms with Crippen LogP contribution < -0.4 is 10.6 Å². The lowest BCUT2D eigenvalue weighted by Crippen LogP contribution is -2.28. The van der Waals surface area contributed by atoms with E-state index in [9.17, 15) is 9.59 Å². The zero-order valence-corrected chi connectivity index (χ0v) is 13.8. The van der Waals surface area contributed by atoms with Crippen molar-refractivity contribution in [1.29, 1.82) is 0 Å². The largest absolute Gasteiger partial charge is 0.350 e. The molecule has 0 aliphatic heterocycles. The van der Waals surface area contributed by atoms with Crippen molar-refractivity contribution in [2.24, 2.45) is 0 Å². The van der Waals surface area contributed by atoms with Gasteiger partial charge in [-0.2, -0.15) is 5.10 Å². The molecule has 9 heteroatoms. The number of hydrogen-bond donors (Lipinski definition) is 3. The summed E-state index contributed by atoms with van der Waals surface area (Å²) in [5.74, 6) is -0.537. The van der Waals surface area contributed by atoms with Crippen molar-refractivity contribution in [1.82, 2.24) is 25.7 Å². The number of aromatic amines is 1. The number of nitrogens with one attached hydrogen (secondary N) is 3. The number of aryl methyl sites for hydroxylation is 1. The Morgan fingerprint density at radius 2 is 2.08 bits per heavy atom. The fourth-order valence-corrected chi connectivity index (χ4v) is 2.83. The van der Waals surface area contributed by atoms with Gasteiger partial charge in [-0.1, -0.05) is 36.5 Å². The molecule has 0 bridgehead atoms. The van der Waals surface area contributed by atoms with Crippen molar-refractivity contribution in [3.05, 3.63) is 35.0 Å². The number of fused-ring (bicyclic) bond motifs is 1. The van der Waals surface area contributed by atoms with Crippen molar-refractivity contribution in [3.8, 4) is 0 Å². The number of aromatic nitrogens is 4. The van der Waals surface area contributed by atoms with Crippen molar-refractivity contribution in [2.75, 3.05) is 11.9 Å². The lowest BCUT2D eigenvalue weighted by molar-refractivity contribution is -0.116. The molecule has 8 nitrogen and oxygen atoms in total. The first-order chi connectivity index (χ1) is 11.7. The topological polar surface area (TPSA) is 113 Å². The summed E-state index contributed by atoms with van der Waals surface area (Å²) >= 11 is 1.34. The van der Waals surface area contributed by atoms with Crippen molar-refractivity contribution < 1.29 is 9.59 Å². The molecular formula is C15H16N6O2S. The van der Waals surface area contributed by atoms with E-state index in [1.165, 1.54) is 11.3 Å². The Labute approximate surface area is 141 Å². The highest BCUT2D eigenvalue weighted by atomic mass is 32.1. The maximum absolute atomic E-state index is 12.2. The number of amides is 2. The number of carbonyl (C=O) groups is 2. The highest BCUT2D eigenvalue weighted by Crippen LogP contribution is 2.16. The number of para-hydroxylation sites is 1. The minimum atomic E-state index is -0.315. The third-order valence-electron chi connectivity index (χ3n) is 3.34. The van der Waals surface area contributed by atoms with E-state index in [1.54, 1.807) is 0 Å². The van der Waals surface area contributed by atoms with Crippen molar-refractivity contribution in [3.63, 3.8) is 0 Å². The van der Waals surface area contributed by atoms with Crippen LogP contribution in [-0.2, 0) is 11.2 Å². The molecule has 1 aromatic carbocycles. The average Bonchev–Trinajstić information content (AvgIpc) is 3.21. The molecule has 0 unspecified atom stereocenters. The normalized spacial score (nSPS) is 10.7. The second-order valence-electron chi connectivity index (χ2n) is 5.03. The molecule has 2 amide bonds. The molecule has 3 aromatic rings. The summed E-state index contributed by atoms with van der Waals surface area (Å²) in [7, 11) is 0. The van der Waals surface area contributed by atoms with Gasteiger partial charge in [0.05, 0.1) is 5.52 Å². The number of hydrogen-bond acceptors (Lipinski definition) is 6. The Morgan fingerprint density at radius 3 is 2.88 bits per heavy atom. The third kappa shape index (κ3) is 3.57. The summed E-state index contributed by atoms with van der Waals surface area (Å²) in [5, 5.41) is 22.1. The van der Waals surface area contributed by atoms with Crippen LogP contribution in [0.25, 0.3) is 10.9 Å². The molecule has 0 aliphatic carbocycles. The van der Waals surface area contributed by atoms with E-state index >= 15 is 0 Å². The van der Waals surface area contributed by atoms with Crippen molar-refractivity contribution >= 4 is 39.2 Å². The maximum atomic E-state index is 12.2. The Morgan fingerprint density at radius 1 is 1.25 bits per heavy atom. The predicted molar refractivity (Wildman–Crippen MR) is 91.0 cm³/mol. The average molecular weight is 344 g/mol. The number of carbonyl (C=O) groups excluding carboxylic acids is 2. The molecule has 3 rings (SSSR count). The number of rotatable bonds is 6. The molecule has 0 saturated heterocycles. The van der Waals surface area contributed by atoms with Crippen LogP contribution in [0.15, 0.2) is 24.3 Å². The lowest BCUT2D eigenvalue weighted by Gasteiger charge is -2.03. The van der Waals surface area contributed by atoms with E-state index in [1.807, 2.05) is 31.2 Å². The molecule has 2 aromatic heterocycles. The van der Waals surface area contributed by atoms with Gasteiger partial charge in [0.2, 0.25) is 11.0 Å². The van der Waals surface area contributed by atoms with E-state index in [0.717, 1.165) is 22.3 Å². The van der Waals surface area contributed by atoms with E-state index in [-0.39, 0.29) is 24.8 Å². The molecule has 0 saturated carbocycles. The Kier molecular flexibility index (Phi) is 4.80. The highest BCUT2D eigenvalue weighted by molar-refractivity contribution is 7.15. The van der Waals surface area contributed by atoms with Gasteiger partial charge < -0.3 is 10.6 Å². The second-order valence-corrected chi connectivity index (χ2v) is 6.09. The summed E-state index contributed by atoms with van der Waals surface area (Å²) in [6, 6.07) is 7.37. The van der Waals surface area contributed by atoms with E-state index in [4.69, 9.17) is 0 Å². The van der Waals surface area contributed by atoms with Gasteiger partial charge in [-0.3, -0.25) is 14.7 Å². The molecule has 0 radical (unpaired) electrons. The first kappa shape index (κ1) is 16.1. The summed E-state index contributed by atoms with van der Waals surface area (Å²) in [6.07, 6.45) is 0.927. The summed E-state index contributed by atoms with van der Waals surface area (Å²) in [6.45, 7) is 2.19. The number of benzene rings is 1. The van der Waals surface area contributed by atoms with Crippen LogP contribution >= 0.6 is 11.3 Å². The molecule has 0 fully saturated rings. The van der Waals surface area contributed by atoms with Crippen LogP contribution in [0.3, 0.4) is 0 Å². The van der Waals surface area contributed by atoms with Crippen LogP contribution in [0.4, 0.5) is 5.13 Å². The second kappa shape index (κ2) is 7.18. The summed E-state index contributed by atoms with van der Waals surface area (Å²) in [5.41, 5.74) is 1.12. The Bertz CT molecular complexity index is 872. The molecule has 2 heterocycles. The first-order valence-electron chi connectivity index (χ1n) is 7.51. The third-order valence-corrected chi connectivity index (χ3v) is 4.32. The SMILES string of the molecule is CCc1nnc(NC(=O)CCNC(=O)c2n[nH]c3ccccc23)s1. The van der Waals surface area contributed by atoms with Gasteiger partial charge in [0.25, 0.3) is 5.91 Å². The van der Waals surface area contributed by atoms with Gasteiger partial charge in [0, 0.05) is 18.4 Å². The van der Waals surface area contributed by atoms with Gasteiger partial charge in [-0.05, 0) is 12.5 Å². The first-order valence-corrected chi connectivity index (χ1v) is 8.32. The molecule has 0 atom stereocenters. The fourth-order valence-electron chi connectivity index (χ4n) is 2.14. The minimum absolute atomic E-state index is 0.148. The Balaban J connectivity index is 1.50. The van der Waals surface area contributed by atoms with Crippen LogP contribution in [-0.4, -0.2) is 38.8 Å². The van der Waals surface area contributed by atoms with E-state index < -0.39 is 0 Å². The highest BCUT2D eigenvalue weighted by Gasteiger charge is 2.14. The van der Waals surface area contributed by atoms with Gasteiger partial charge in [-0.25, -0.2) is 0 Å². The summed E-state index contributed by atoms with van der Waals surface area (Å²) in [4.78, 5) is 24.0. The molecule has 0 aliphatic rings. The zero-order valence-electron chi connectivity index (χ0n) is 13.0. The molecule has 0 spiro atoms. The minimum Gasteiger partial charge on any atom is -0.350 e. The fraction of sp³-hybridized carbons (Fsp3) is 0.267. The smallest absolute Gasteiger partial charge is 0.272 e. The van der Waals surface area contributed by atoms with Crippen LogP contribution in [0.5, 0.6) is 0 Å². The molecule has 124 valence electrons. The molecule has 24 heavy (non-hydrogen) atoms. The molecular weight excluding hydrogens is 328 g/mol.